The Bertz CT molecular complexity index is 1010. The zero-order valence-corrected chi connectivity index (χ0v) is 15.0. The number of hydrogen-bond donors (Lipinski definition) is 1. The quantitative estimate of drug-likeness (QED) is 0.718. The van der Waals surface area contributed by atoms with Gasteiger partial charge < -0.3 is 10.2 Å². The maximum atomic E-state index is 13.7. The largest absolute Gasteiger partial charge is 0.318 e. The van der Waals surface area contributed by atoms with Crippen LogP contribution in [-0.2, 0) is 0 Å². The van der Waals surface area contributed by atoms with Gasteiger partial charge in [-0.2, -0.15) is 0 Å². The van der Waals surface area contributed by atoms with Crippen molar-refractivity contribution >= 4 is 23.2 Å². The lowest BCUT2D eigenvalue weighted by molar-refractivity contribution is 0.0983. The molecule has 1 heterocycles. The van der Waals surface area contributed by atoms with E-state index in [2.05, 4.69) is 10.3 Å². The van der Waals surface area contributed by atoms with Gasteiger partial charge in [-0.05, 0) is 43.3 Å². The lowest BCUT2D eigenvalue weighted by Gasteiger charge is -2.20. The summed E-state index contributed by atoms with van der Waals surface area (Å²) in [4.78, 5) is 30.8. The summed E-state index contributed by atoms with van der Waals surface area (Å²) >= 11 is 0. The standard InChI is InChI=1S/C21H17F2N3O2/c1-2-26(15-7-4-3-5-8-15)21(28)19-10-6-9-18(24-19)20(27)25-17-12-11-14(22)13-16(17)23/h3-13H,2H2,1H3,(H,25,27). The van der Waals surface area contributed by atoms with E-state index in [4.69, 9.17) is 0 Å². The third kappa shape index (κ3) is 4.20. The monoisotopic (exact) mass is 381 g/mol. The molecular formula is C21H17F2N3O2. The van der Waals surface area contributed by atoms with Crippen LogP contribution in [-0.4, -0.2) is 23.3 Å². The minimum absolute atomic E-state index is 0.0568. The summed E-state index contributed by atoms with van der Waals surface area (Å²) in [6, 6.07) is 16.3. The molecule has 3 aromatic rings. The molecule has 0 aliphatic carbocycles. The molecule has 1 N–H and O–H groups in total. The second-order valence-electron chi connectivity index (χ2n) is 5.87. The number of hydrogen-bond acceptors (Lipinski definition) is 3. The molecule has 0 saturated heterocycles. The number of carbonyl (C=O) groups excluding carboxylic acids is 2. The summed E-state index contributed by atoms with van der Waals surface area (Å²) < 4.78 is 26.7. The topological polar surface area (TPSA) is 62.3 Å². The summed E-state index contributed by atoms with van der Waals surface area (Å²) in [6.07, 6.45) is 0. The molecule has 0 bridgehead atoms. The fourth-order valence-electron chi connectivity index (χ4n) is 2.65. The first-order valence-electron chi connectivity index (χ1n) is 8.60. The molecule has 1 aromatic heterocycles. The minimum atomic E-state index is -0.901. The molecule has 3 rings (SSSR count). The molecule has 142 valence electrons. The van der Waals surface area contributed by atoms with E-state index in [1.807, 2.05) is 25.1 Å². The molecule has 0 spiro atoms. The van der Waals surface area contributed by atoms with Gasteiger partial charge in [-0.3, -0.25) is 9.59 Å². The van der Waals surface area contributed by atoms with E-state index < -0.39 is 17.5 Å². The first kappa shape index (κ1) is 19.2. The fourth-order valence-corrected chi connectivity index (χ4v) is 2.65. The maximum Gasteiger partial charge on any atom is 0.276 e. The number of nitrogens with one attached hydrogen (secondary N) is 1. The van der Waals surface area contributed by atoms with Crippen LogP contribution in [0.4, 0.5) is 20.2 Å². The van der Waals surface area contributed by atoms with Gasteiger partial charge >= 0.3 is 0 Å². The Morgan fingerprint density at radius 2 is 1.68 bits per heavy atom. The lowest BCUT2D eigenvalue weighted by Crippen LogP contribution is -2.31. The molecule has 2 amide bonds. The number of nitrogens with zero attached hydrogens (tertiary/aromatic N) is 2. The van der Waals surface area contributed by atoms with Crippen molar-refractivity contribution in [3.8, 4) is 0 Å². The van der Waals surface area contributed by atoms with Gasteiger partial charge in [0, 0.05) is 18.3 Å². The number of benzene rings is 2. The van der Waals surface area contributed by atoms with E-state index in [1.54, 1.807) is 12.1 Å². The van der Waals surface area contributed by atoms with Crippen molar-refractivity contribution in [1.29, 1.82) is 0 Å². The van der Waals surface area contributed by atoms with Gasteiger partial charge in [0.2, 0.25) is 0 Å². The number of anilines is 2. The van der Waals surface area contributed by atoms with Crippen LogP contribution in [0.5, 0.6) is 0 Å². The molecule has 0 radical (unpaired) electrons. The number of aromatic nitrogens is 1. The van der Waals surface area contributed by atoms with Crippen LogP contribution in [0.3, 0.4) is 0 Å². The SMILES string of the molecule is CCN(C(=O)c1cccc(C(=O)Nc2ccc(F)cc2F)n1)c1ccccc1. The van der Waals surface area contributed by atoms with E-state index >= 15 is 0 Å². The van der Waals surface area contributed by atoms with E-state index in [0.717, 1.165) is 12.1 Å². The van der Waals surface area contributed by atoms with Crippen LogP contribution in [0.15, 0.2) is 66.7 Å². The van der Waals surface area contributed by atoms with Crippen LogP contribution in [0, 0.1) is 11.6 Å². The lowest BCUT2D eigenvalue weighted by atomic mass is 10.2. The van der Waals surface area contributed by atoms with Crippen LogP contribution in [0.1, 0.15) is 27.9 Å². The van der Waals surface area contributed by atoms with Crippen LogP contribution in [0.25, 0.3) is 0 Å². The number of halogens is 2. The van der Waals surface area contributed by atoms with Crippen molar-refractivity contribution in [2.45, 2.75) is 6.92 Å². The van der Waals surface area contributed by atoms with Gasteiger partial charge in [-0.1, -0.05) is 24.3 Å². The first-order chi connectivity index (χ1) is 13.5. The molecule has 0 saturated carbocycles. The Morgan fingerprint density at radius 3 is 2.36 bits per heavy atom. The van der Waals surface area contributed by atoms with Crippen molar-refractivity contribution in [3.05, 3.63) is 89.8 Å². The second kappa shape index (κ2) is 8.39. The fraction of sp³-hybridized carbons (Fsp3) is 0.0952. The summed E-state index contributed by atoms with van der Waals surface area (Å²) in [5, 5.41) is 2.33. The highest BCUT2D eigenvalue weighted by Crippen LogP contribution is 2.18. The number of pyridine rings is 1. The zero-order valence-electron chi connectivity index (χ0n) is 15.0. The van der Waals surface area contributed by atoms with Gasteiger partial charge in [0.25, 0.3) is 11.8 Å². The molecule has 0 atom stereocenters. The van der Waals surface area contributed by atoms with E-state index in [9.17, 15) is 18.4 Å². The Balaban J connectivity index is 1.83. The molecule has 28 heavy (non-hydrogen) atoms. The van der Waals surface area contributed by atoms with Crippen molar-refractivity contribution in [2.75, 3.05) is 16.8 Å². The maximum absolute atomic E-state index is 13.7. The number of amides is 2. The Kier molecular flexibility index (Phi) is 5.74. The van der Waals surface area contributed by atoms with Crippen molar-refractivity contribution < 1.29 is 18.4 Å². The van der Waals surface area contributed by atoms with E-state index in [1.165, 1.54) is 23.1 Å². The highest BCUT2D eigenvalue weighted by atomic mass is 19.1. The van der Waals surface area contributed by atoms with Crippen molar-refractivity contribution in [2.24, 2.45) is 0 Å². The number of rotatable bonds is 5. The predicted octanol–water partition coefficient (Wildman–Crippen LogP) is 4.28. The Morgan fingerprint density at radius 1 is 0.964 bits per heavy atom. The Labute approximate surface area is 160 Å². The van der Waals surface area contributed by atoms with Crippen LogP contribution in [0.2, 0.25) is 0 Å². The molecule has 5 nitrogen and oxygen atoms in total. The number of para-hydroxylation sites is 1. The molecule has 0 aliphatic rings. The summed E-state index contributed by atoms with van der Waals surface area (Å²) in [5.41, 5.74) is 0.557. The van der Waals surface area contributed by atoms with Crippen molar-refractivity contribution in [3.63, 3.8) is 0 Å². The molecule has 7 heteroatoms. The smallest absolute Gasteiger partial charge is 0.276 e. The van der Waals surface area contributed by atoms with Gasteiger partial charge in [-0.25, -0.2) is 13.8 Å². The van der Waals surface area contributed by atoms with E-state index in [-0.39, 0.29) is 23.0 Å². The summed E-state index contributed by atoms with van der Waals surface area (Å²) in [6.45, 7) is 2.25. The van der Waals surface area contributed by atoms with E-state index in [0.29, 0.717) is 18.3 Å². The molecule has 2 aromatic carbocycles. The average Bonchev–Trinajstić information content (AvgIpc) is 2.71. The predicted molar refractivity (Wildman–Crippen MR) is 102 cm³/mol. The molecule has 0 unspecified atom stereocenters. The Hall–Kier alpha value is -3.61. The summed E-state index contributed by atoms with van der Waals surface area (Å²) in [5.74, 6) is -2.72. The molecular weight excluding hydrogens is 364 g/mol. The first-order valence-corrected chi connectivity index (χ1v) is 8.60. The average molecular weight is 381 g/mol. The van der Waals surface area contributed by atoms with Gasteiger partial charge in [-0.15, -0.1) is 0 Å². The molecule has 0 fully saturated rings. The normalized spacial score (nSPS) is 10.4. The third-order valence-corrected chi connectivity index (χ3v) is 4.01. The second-order valence-corrected chi connectivity index (χ2v) is 5.87. The van der Waals surface area contributed by atoms with Crippen LogP contribution < -0.4 is 10.2 Å². The van der Waals surface area contributed by atoms with Crippen LogP contribution >= 0.6 is 0 Å². The minimum Gasteiger partial charge on any atom is -0.318 e. The van der Waals surface area contributed by atoms with Crippen molar-refractivity contribution in [1.82, 2.24) is 4.98 Å². The highest BCUT2D eigenvalue weighted by molar-refractivity contribution is 6.07. The highest BCUT2D eigenvalue weighted by Gasteiger charge is 2.19. The van der Waals surface area contributed by atoms with Gasteiger partial charge in [0.15, 0.2) is 0 Å². The zero-order chi connectivity index (χ0) is 20.1. The van der Waals surface area contributed by atoms with Gasteiger partial charge in [0.1, 0.15) is 23.0 Å². The number of carbonyl (C=O) groups is 2. The summed E-state index contributed by atoms with van der Waals surface area (Å²) in [7, 11) is 0. The molecule has 0 aliphatic heterocycles. The third-order valence-electron chi connectivity index (χ3n) is 4.01. The van der Waals surface area contributed by atoms with Gasteiger partial charge in [0.05, 0.1) is 5.69 Å².